The summed E-state index contributed by atoms with van der Waals surface area (Å²) in [6, 6.07) is 16.9. The zero-order valence-electron chi connectivity index (χ0n) is 20.7. The van der Waals surface area contributed by atoms with Crippen molar-refractivity contribution in [2.45, 2.75) is 27.3 Å². The van der Waals surface area contributed by atoms with Gasteiger partial charge in [-0.25, -0.2) is 4.79 Å². The number of aromatic nitrogens is 5. The predicted octanol–water partition coefficient (Wildman–Crippen LogP) is 3.60. The second kappa shape index (κ2) is 10.1. The summed E-state index contributed by atoms with van der Waals surface area (Å²) in [5, 5.41) is 11.4. The van der Waals surface area contributed by atoms with Crippen LogP contribution in [0.15, 0.2) is 54.6 Å². The Labute approximate surface area is 213 Å². The smallest absolute Gasteiger partial charge is 0.357 e. The van der Waals surface area contributed by atoms with Gasteiger partial charge in [-0.2, -0.15) is 4.68 Å². The van der Waals surface area contributed by atoms with Crippen LogP contribution in [-0.2, 0) is 16.1 Å². The molecule has 188 valence electrons. The maximum absolute atomic E-state index is 13.1. The van der Waals surface area contributed by atoms with Gasteiger partial charge in [0.05, 0.1) is 0 Å². The van der Waals surface area contributed by atoms with Crippen molar-refractivity contribution >= 4 is 23.5 Å². The van der Waals surface area contributed by atoms with E-state index in [1.807, 2.05) is 73.0 Å². The number of carbonyl (C=O) groups excluding carboxylic acids is 2. The fraction of sp³-hybridized carbons (Fsp3) is 0.222. The second-order valence-corrected chi connectivity index (χ2v) is 8.64. The monoisotopic (exact) mass is 499 g/mol. The van der Waals surface area contributed by atoms with Crippen LogP contribution in [0.1, 0.15) is 38.7 Å². The number of fused-ring (bicyclic) bond motifs is 1. The van der Waals surface area contributed by atoms with Gasteiger partial charge in [-0.3, -0.25) is 4.79 Å². The molecule has 10 nitrogen and oxygen atoms in total. The summed E-state index contributed by atoms with van der Waals surface area (Å²) in [5.41, 5.74) is 4.09. The van der Waals surface area contributed by atoms with Crippen LogP contribution < -0.4 is 9.47 Å². The SMILES string of the molecule is Cc1nnnn1C(=Cc1ccccc1)C(=O)OCC(=O)c1cc(C)n(Cc2ccc3c(c2)OCO3)c1C. The molecule has 1 aliphatic rings. The molecule has 3 heterocycles. The third-order valence-electron chi connectivity index (χ3n) is 6.15. The lowest BCUT2D eigenvalue weighted by molar-refractivity contribution is -0.136. The summed E-state index contributed by atoms with van der Waals surface area (Å²) in [4.78, 5) is 26.1. The van der Waals surface area contributed by atoms with E-state index in [1.165, 1.54) is 4.68 Å². The normalized spacial score (nSPS) is 12.6. The topological polar surface area (TPSA) is 110 Å². The fourth-order valence-electron chi connectivity index (χ4n) is 4.20. The summed E-state index contributed by atoms with van der Waals surface area (Å²) in [5.74, 6) is 0.838. The van der Waals surface area contributed by atoms with Gasteiger partial charge in [-0.15, -0.1) is 5.10 Å². The Morgan fingerprint density at radius 2 is 1.81 bits per heavy atom. The van der Waals surface area contributed by atoms with E-state index < -0.39 is 12.6 Å². The van der Waals surface area contributed by atoms with Crippen LogP contribution in [0.5, 0.6) is 11.5 Å². The summed E-state index contributed by atoms with van der Waals surface area (Å²) < 4.78 is 19.6. The van der Waals surface area contributed by atoms with Gasteiger partial charge in [0.2, 0.25) is 12.6 Å². The van der Waals surface area contributed by atoms with Gasteiger partial charge < -0.3 is 18.8 Å². The second-order valence-electron chi connectivity index (χ2n) is 8.64. The summed E-state index contributed by atoms with van der Waals surface area (Å²) in [7, 11) is 0. The largest absolute Gasteiger partial charge is 0.454 e. The Balaban J connectivity index is 1.32. The number of esters is 1. The van der Waals surface area contributed by atoms with Crippen LogP contribution in [0.3, 0.4) is 0 Å². The van der Waals surface area contributed by atoms with E-state index in [1.54, 1.807) is 13.0 Å². The van der Waals surface area contributed by atoms with Gasteiger partial charge in [-0.05, 0) is 66.6 Å². The van der Waals surface area contributed by atoms with E-state index in [0.717, 1.165) is 28.3 Å². The average Bonchev–Trinajstić information content (AvgIpc) is 3.61. The van der Waals surface area contributed by atoms with Crippen molar-refractivity contribution < 1.29 is 23.8 Å². The first-order valence-electron chi connectivity index (χ1n) is 11.7. The molecule has 0 N–H and O–H groups in total. The van der Waals surface area contributed by atoms with E-state index >= 15 is 0 Å². The van der Waals surface area contributed by atoms with Crippen LogP contribution in [0, 0.1) is 20.8 Å². The van der Waals surface area contributed by atoms with Gasteiger partial charge in [0, 0.05) is 23.5 Å². The van der Waals surface area contributed by atoms with E-state index in [2.05, 4.69) is 15.5 Å². The number of ketones is 1. The number of ether oxygens (including phenoxy) is 3. The minimum atomic E-state index is -0.707. The molecule has 2 aromatic heterocycles. The molecule has 0 atom stereocenters. The zero-order chi connectivity index (χ0) is 25.9. The van der Waals surface area contributed by atoms with Crippen LogP contribution in [0.25, 0.3) is 11.8 Å². The van der Waals surface area contributed by atoms with Crippen LogP contribution in [-0.4, -0.2) is 49.9 Å². The molecule has 0 fully saturated rings. The Hall–Kier alpha value is -4.73. The highest BCUT2D eigenvalue weighted by atomic mass is 16.7. The lowest BCUT2D eigenvalue weighted by Crippen LogP contribution is -2.19. The molecule has 0 saturated heterocycles. The first-order chi connectivity index (χ1) is 17.9. The van der Waals surface area contributed by atoms with Gasteiger partial charge in [0.15, 0.2) is 29.6 Å². The number of carbonyl (C=O) groups is 2. The van der Waals surface area contributed by atoms with Crippen LogP contribution in [0.4, 0.5) is 0 Å². The van der Waals surface area contributed by atoms with Gasteiger partial charge in [0.25, 0.3) is 0 Å². The lowest BCUT2D eigenvalue weighted by Gasteiger charge is -2.11. The molecule has 37 heavy (non-hydrogen) atoms. The third kappa shape index (κ3) is 4.99. The van der Waals surface area contributed by atoms with Gasteiger partial charge in [-0.1, -0.05) is 36.4 Å². The number of hydrogen-bond acceptors (Lipinski definition) is 8. The number of hydrogen-bond donors (Lipinski definition) is 0. The predicted molar refractivity (Wildman–Crippen MR) is 134 cm³/mol. The summed E-state index contributed by atoms with van der Waals surface area (Å²) >= 11 is 0. The van der Waals surface area contributed by atoms with Crippen molar-refractivity contribution in [2.75, 3.05) is 13.4 Å². The van der Waals surface area contributed by atoms with Crippen molar-refractivity contribution in [2.24, 2.45) is 0 Å². The van der Waals surface area contributed by atoms with Crippen molar-refractivity contribution in [1.82, 2.24) is 24.8 Å². The van der Waals surface area contributed by atoms with Gasteiger partial charge >= 0.3 is 5.97 Å². The first-order valence-corrected chi connectivity index (χ1v) is 11.7. The van der Waals surface area contributed by atoms with Crippen molar-refractivity contribution in [3.05, 3.63) is 88.5 Å². The Bertz CT molecular complexity index is 1500. The molecule has 2 aromatic carbocycles. The molecule has 0 spiro atoms. The number of rotatable bonds is 8. The lowest BCUT2D eigenvalue weighted by atomic mass is 10.1. The molecule has 4 aromatic rings. The molecule has 0 radical (unpaired) electrons. The van der Waals surface area contributed by atoms with E-state index in [0.29, 0.717) is 23.7 Å². The maximum atomic E-state index is 13.1. The highest BCUT2D eigenvalue weighted by Crippen LogP contribution is 2.33. The Morgan fingerprint density at radius 1 is 1.03 bits per heavy atom. The minimum Gasteiger partial charge on any atom is -0.454 e. The molecule has 1 aliphatic heterocycles. The van der Waals surface area contributed by atoms with E-state index in [4.69, 9.17) is 14.2 Å². The van der Waals surface area contributed by atoms with Gasteiger partial charge in [0.1, 0.15) is 0 Å². The molecule has 0 saturated carbocycles. The maximum Gasteiger partial charge on any atom is 0.357 e. The molecule has 10 heteroatoms. The zero-order valence-corrected chi connectivity index (χ0v) is 20.7. The number of aryl methyl sites for hydroxylation is 2. The number of benzene rings is 2. The molecular formula is C27H25N5O5. The van der Waals surface area contributed by atoms with E-state index in [9.17, 15) is 9.59 Å². The Morgan fingerprint density at radius 3 is 2.57 bits per heavy atom. The van der Waals surface area contributed by atoms with Crippen molar-refractivity contribution in [3.63, 3.8) is 0 Å². The summed E-state index contributed by atoms with van der Waals surface area (Å²) in [6.45, 7) is 5.84. The van der Waals surface area contributed by atoms with Crippen LogP contribution >= 0.6 is 0 Å². The summed E-state index contributed by atoms with van der Waals surface area (Å²) in [6.07, 6.45) is 1.62. The third-order valence-corrected chi connectivity index (χ3v) is 6.15. The number of tetrazole rings is 1. The van der Waals surface area contributed by atoms with Crippen LogP contribution in [0.2, 0.25) is 0 Å². The molecule has 5 rings (SSSR count). The fourth-order valence-corrected chi connectivity index (χ4v) is 4.20. The quantitative estimate of drug-likeness (QED) is 0.205. The molecule has 0 unspecified atom stereocenters. The Kier molecular flexibility index (Phi) is 6.55. The number of Topliss-reactive ketones (excluding diaryl/α,β-unsaturated/α-hetero) is 1. The standard InChI is InChI=1S/C27H25N5O5/c1-17-11-22(18(2)31(17)14-21-9-10-25-26(13-21)37-16-36-25)24(33)15-35-27(34)23(32-19(3)28-29-30-32)12-20-7-5-4-6-8-20/h4-13H,14-16H2,1-3H3. The molecule has 0 amide bonds. The molecular weight excluding hydrogens is 474 g/mol. The first kappa shape index (κ1) is 24.0. The molecule has 0 aliphatic carbocycles. The van der Waals surface area contributed by atoms with E-state index in [-0.39, 0.29) is 18.3 Å². The highest BCUT2D eigenvalue weighted by Gasteiger charge is 2.22. The van der Waals surface area contributed by atoms with Crippen molar-refractivity contribution in [3.8, 4) is 11.5 Å². The molecule has 0 bridgehead atoms. The number of nitrogens with zero attached hydrogens (tertiary/aromatic N) is 5. The highest BCUT2D eigenvalue weighted by molar-refractivity contribution is 6.16. The minimum absolute atomic E-state index is 0.106. The average molecular weight is 500 g/mol. The van der Waals surface area contributed by atoms with Crippen molar-refractivity contribution in [1.29, 1.82) is 0 Å².